The van der Waals surface area contributed by atoms with Crippen LogP contribution in [0, 0.1) is 0 Å². The predicted octanol–water partition coefficient (Wildman–Crippen LogP) is 0.932. The van der Waals surface area contributed by atoms with E-state index in [-0.39, 0.29) is 0 Å². The van der Waals surface area contributed by atoms with Crippen molar-refractivity contribution < 1.29 is 0 Å². The van der Waals surface area contributed by atoms with Gasteiger partial charge in [-0.05, 0) is 26.2 Å². The van der Waals surface area contributed by atoms with E-state index in [1.54, 1.807) is 0 Å². The molecule has 1 aliphatic carbocycles. The zero-order valence-corrected chi connectivity index (χ0v) is 7.70. The van der Waals surface area contributed by atoms with Crippen LogP contribution in [0.2, 0.25) is 0 Å². The molecule has 0 aromatic carbocycles. The Kier molecular flexibility index (Phi) is 2.35. The van der Waals surface area contributed by atoms with Gasteiger partial charge in [0.2, 0.25) is 0 Å². The lowest BCUT2D eigenvalue weighted by Gasteiger charge is -2.15. The molecule has 0 saturated heterocycles. The Morgan fingerprint density at radius 3 is 2.09 bits per heavy atom. The predicted molar refractivity (Wildman–Crippen MR) is 48.4 cm³/mol. The molecule has 0 amide bonds. The van der Waals surface area contributed by atoms with E-state index in [1.807, 2.05) is 0 Å². The van der Waals surface area contributed by atoms with Crippen LogP contribution in [-0.2, 0) is 0 Å². The molecule has 2 nitrogen and oxygen atoms in total. The molecular weight excluding hydrogens is 136 g/mol. The summed E-state index contributed by atoms with van der Waals surface area (Å²) in [6.07, 6.45) is 6.61. The smallest absolute Gasteiger partial charge is 0.0482 e. The van der Waals surface area contributed by atoms with Crippen molar-refractivity contribution in [3.05, 3.63) is 23.9 Å². The molecule has 1 aliphatic rings. The Morgan fingerprint density at radius 1 is 1.18 bits per heavy atom. The quantitative estimate of drug-likeness (QED) is 0.581. The van der Waals surface area contributed by atoms with Gasteiger partial charge in [0, 0.05) is 25.8 Å². The lowest BCUT2D eigenvalue weighted by atomic mass is 10.3. The van der Waals surface area contributed by atoms with Gasteiger partial charge in [0.25, 0.3) is 0 Å². The lowest BCUT2D eigenvalue weighted by Crippen LogP contribution is -2.22. The van der Waals surface area contributed by atoms with Crippen LogP contribution in [-0.4, -0.2) is 44.0 Å². The average molecular weight is 152 g/mol. The van der Waals surface area contributed by atoms with Gasteiger partial charge in [-0.3, -0.25) is 4.90 Å². The fourth-order valence-electron chi connectivity index (χ4n) is 1.10. The zero-order chi connectivity index (χ0) is 8.43. The van der Waals surface area contributed by atoms with E-state index in [2.05, 4.69) is 56.2 Å². The molecule has 0 aromatic heterocycles. The summed E-state index contributed by atoms with van der Waals surface area (Å²) in [7, 11) is 8.30. The molecule has 0 saturated carbocycles. The third kappa shape index (κ3) is 1.84. The van der Waals surface area contributed by atoms with Crippen LogP contribution in [0.4, 0.5) is 0 Å². The first kappa shape index (κ1) is 8.34. The summed E-state index contributed by atoms with van der Waals surface area (Å²) in [6.45, 7) is 0. The number of nitrogens with zero attached hydrogens (tertiary/aromatic N) is 2. The van der Waals surface area contributed by atoms with Gasteiger partial charge < -0.3 is 4.90 Å². The van der Waals surface area contributed by atoms with Crippen molar-refractivity contribution >= 4 is 0 Å². The molecule has 1 rings (SSSR count). The van der Waals surface area contributed by atoms with Crippen molar-refractivity contribution in [2.24, 2.45) is 0 Å². The molecule has 0 fully saturated rings. The fraction of sp³-hybridized carbons (Fsp3) is 0.556. The van der Waals surface area contributed by atoms with Gasteiger partial charge in [-0.15, -0.1) is 0 Å². The SMILES string of the molecule is CN(C)C1=CC(N(C)C)C=C1. The van der Waals surface area contributed by atoms with E-state index in [9.17, 15) is 0 Å². The lowest BCUT2D eigenvalue weighted by molar-refractivity contribution is 0.391. The first-order valence-corrected chi connectivity index (χ1v) is 3.85. The molecule has 0 spiro atoms. The van der Waals surface area contributed by atoms with E-state index < -0.39 is 0 Å². The third-order valence-corrected chi connectivity index (χ3v) is 1.92. The molecular formula is C9H16N2. The third-order valence-electron chi connectivity index (χ3n) is 1.92. The second-order valence-corrected chi connectivity index (χ2v) is 3.30. The van der Waals surface area contributed by atoms with Crippen LogP contribution < -0.4 is 0 Å². The minimum Gasteiger partial charge on any atom is -0.378 e. The summed E-state index contributed by atoms with van der Waals surface area (Å²) in [6, 6.07) is 0.479. The highest BCUT2D eigenvalue weighted by Crippen LogP contribution is 2.14. The number of hydrogen-bond donors (Lipinski definition) is 0. The summed E-state index contributed by atoms with van der Waals surface area (Å²) in [5.74, 6) is 0. The van der Waals surface area contributed by atoms with Crippen LogP contribution in [0.3, 0.4) is 0 Å². The van der Waals surface area contributed by atoms with E-state index in [0.29, 0.717) is 6.04 Å². The van der Waals surface area contributed by atoms with Gasteiger partial charge in [0.05, 0.1) is 0 Å². The van der Waals surface area contributed by atoms with Crippen molar-refractivity contribution in [3.63, 3.8) is 0 Å². The summed E-state index contributed by atoms with van der Waals surface area (Å²) in [5.41, 5.74) is 1.30. The van der Waals surface area contributed by atoms with Crippen molar-refractivity contribution in [3.8, 4) is 0 Å². The molecule has 0 heterocycles. The molecule has 2 heteroatoms. The number of likely N-dealkylation sites (N-methyl/N-ethyl adjacent to an activating group) is 2. The van der Waals surface area contributed by atoms with E-state index in [1.165, 1.54) is 5.70 Å². The van der Waals surface area contributed by atoms with Crippen molar-refractivity contribution in [1.82, 2.24) is 9.80 Å². The highest BCUT2D eigenvalue weighted by Gasteiger charge is 2.11. The number of rotatable bonds is 2. The summed E-state index contributed by atoms with van der Waals surface area (Å²) in [4.78, 5) is 4.31. The second kappa shape index (κ2) is 3.09. The number of allylic oxidation sites excluding steroid dienone is 1. The fourth-order valence-corrected chi connectivity index (χ4v) is 1.10. The molecule has 0 aliphatic heterocycles. The maximum absolute atomic E-state index is 2.25. The van der Waals surface area contributed by atoms with Crippen molar-refractivity contribution in [2.45, 2.75) is 6.04 Å². The summed E-state index contributed by atoms with van der Waals surface area (Å²) in [5, 5.41) is 0. The minimum absolute atomic E-state index is 0.479. The van der Waals surface area contributed by atoms with Crippen LogP contribution in [0.5, 0.6) is 0 Å². The summed E-state index contributed by atoms with van der Waals surface area (Å²) >= 11 is 0. The highest BCUT2D eigenvalue weighted by molar-refractivity contribution is 5.30. The molecule has 11 heavy (non-hydrogen) atoms. The molecule has 62 valence electrons. The van der Waals surface area contributed by atoms with Crippen LogP contribution in [0.15, 0.2) is 23.9 Å². The molecule has 1 unspecified atom stereocenters. The van der Waals surface area contributed by atoms with E-state index in [0.717, 1.165) is 0 Å². The minimum atomic E-state index is 0.479. The van der Waals surface area contributed by atoms with E-state index in [4.69, 9.17) is 0 Å². The van der Waals surface area contributed by atoms with Crippen molar-refractivity contribution in [1.29, 1.82) is 0 Å². The first-order chi connectivity index (χ1) is 5.11. The van der Waals surface area contributed by atoms with Crippen LogP contribution in [0.1, 0.15) is 0 Å². The molecule has 0 N–H and O–H groups in total. The van der Waals surface area contributed by atoms with Gasteiger partial charge in [-0.25, -0.2) is 0 Å². The monoisotopic (exact) mass is 152 g/mol. The Labute approximate surface area is 68.8 Å². The largest absolute Gasteiger partial charge is 0.378 e. The molecule has 0 bridgehead atoms. The highest BCUT2D eigenvalue weighted by atomic mass is 15.1. The van der Waals surface area contributed by atoms with Gasteiger partial charge in [-0.1, -0.05) is 6.08 Å². The molecule has 0 radical (unpaired) electrons. The topological polar surface area (TPSA) is 6.48 Å². The Hall–Kier alpha value is -0.760. The zero-order valence-electron chi connectivity index (χ0n) is 7.70. The summed E-state index contributed by atoms with van der Waals surface area (Å²) < 4.78 is 0. The van der Waals surface area contributed by atoms with Gasteiger partial charge in [-0.2, -0.15) is 0 Å². The van der Waals surface area contributed by atoms with Crippen LogP contribution >= 0.6 is 0 Å². The average Bonchev–Trinajstić information content (AvgIpc) is 2.33. The van der Waals surface area contributed by atoms with Crippen LogP contribution in [0.25, 0.3) is 0 Å². The normalized spacial score (nSPS) is 22.6. The Morgan fingerprint density at radius 2 is 1.82 bits per heavy atom. The molecule has 1 atom stereocenters. The van der Waals surface area contributed by atoms with Gasteiger partial charge in [0.15, 0.2) is 0 Å². The standard InChI is InChI=1S/C9H16N2/c1-10(2)8-5-6-9(7-8)11(3)4/h5-8H,1-4H3. The van der Waals surface area contributed by atoms with E-state index >= 15 is 0 Å². The molecule has 0 aromatic rings. The maximum atomic E-state index is 2.25. The maximum Gasteiger partial charge on any atom is 0.0482 e. The van der Waals surface area contributed by atoms with Gasteiger partial charge in [0.1, 0.15) is 0 Å². The second-order valence-electron chi connectivity index (χ2n) is 3.30. The first-order valence-electron chi connectivity index (χ1n) is 3.85. The van der Waals surface area contributed by atoms with Crippen molar-refractivity contribution in [2.75, 3.05) is 28.2 Å². The number of hydrogen-bond acceptors (Lipinski definition) is 2. The Bertz CT molecular complexity index is 190. The van der Waals surface area contributed by atoms with Gasteiger partial charge >= 0.3 is 0 Å². The Balaban J connectivity index is 2.63.